The summed E-state index contributed by atoms with van der Waals surface area (Å²) in [6.07, 6.45) is 5.04. The molecule has 0 unspecified atom stereocenters. The van der Waals surface area contributed by atoms with Crippen LogP contribution in [-0.2, 0) is 4.79 Å². The van der Waals surface area contributed by atoms with Gasteiger partial charge in [0.2, 0.25) is 5.91 Å². The standard InChI is InChI=1S/C9H17NO/c1-7-5-3-4-6-9(7)10-8(2)11/h7,9H,3-6H2,1-2H3,(H,10,11)/t7-,9+/m0/s1. The summed E-state index contributed by atoms with van der Waals surface area (Å²) in [7, 11) is 0. The van der Waals surface area contributed by atoms with E-state index in [-0.39, 0.29) is 5.91 Å². The molecule has 0 heterocycles. The highest BCUT2D eigenvalue weighted by Gasteiger charge is 2.21. The average Bonchev–Trinajstić information content (AvgIpc) is 1.93. The smallest absolute Gasteiger partial charge is 0.217 e. The summed E-state index contributed by atoms with van der Waals surface area (Å²) in [5.74, 6) is 0.788. The second kappa shape index (κ2) is 3.74. The van der Waals surface area contributed by atoms with E-state index in [2.05, 4.69) is 12.2 Å². The summed E-state index contributed by atoms with van der Waals surface area (Å²) >= 11 is 0. The van der Waals surface area contributed by atoms with Crippen LogP contribution in [0.2, 0.25) is 0 Å². The second-order valence-corrected chi connectivity index (χ2v) is 3.57. The molecule has 1 N–H and O–H groups in total. The van der Waals surface area contributed by atoms with Crippen LogP contribution in [0.15, 0.2) is 0 Å². The van der Waals surface area contributed by atoms with Gasteiger partial charge in [0.25, 0.3) is 0 Å². The molecule has 0 radical (unpaired) electrons. The summed E-state index contributed by atoms with van der Waals surface area (Å²) in [4.78, 5) is 10.7. The van der Waals surface area contributed by atoms with Crippen LogP contribution < -0.4 is 5.32 Å². The van der Waals surface area contributed by atoms with E-state index in [9.17, 15) is 4.79 Å². The largest absolute Gasteiger partial charge is 0.353 e. The van der Waals surface area contributed by atoms with E-state index in [1.54, 1.807) is 6.92 Å². The molecule has 1 aliphatic rings. The summed E-state index contributed by atoms with van der Waals surface area (Å²) in [6.45, 7) is 3.82. The molecular weight excluding hydrogens is 138 g/mol. The summed E-state index contributed by atoms with van der Waals surface area (Å²) in [5.41, 5.74) is 0. The lowest BCUT2D eigenvalue weighted by atomic mass is 9.86. The van der Waals surface area contributed by atoms with Crippen LogP contribution in [0.3, 0.4) is 0 Å². The van der Waals surface area contributed by atoms with E-state index < -0.39 is 0 Å². The molecule has 0 aromatic heterocycles. The van der Waals surface area contributed by atoms with Gasteiger partial charge in [0, 0.05) is 13.0 Å². The Balaban J connectivity index is 2.35. The summed E-state index contributed by atoms with van der Waals surface area (Å²) in [5, 5.41) is 2.99. The Morgan fingerprint density at radius 2 is 2.00 bits per heavy atom. The molecule has 2 nitrogen and oxygen atoms in total. The van der Waals surface area contributed by atoms with Crippen molar-refractivity contribution in [2.45, 2.75) is 45.6 Å². The van der Waals surface area contributed by atoms with Gasteiger partial charge in [0.1, 0.15) is 0 Å². The first kappa shape index (κ1) is 8.57. The molecule has 2 heteroatoms. The summed E-state index contributed by atoms with van der Waals surface area (Å²) < 4.78 is 0. The number of nitrogens with one attached hydrogen (secondary N) is 1. The maximum atomic E-state index is 10.7. The van der Waals surface area contributed by atoms with Crippen molar-refractivity contribution in [1.29, 1.82) is 0 Å². The number of hydrogen-bond acceptors (Lipinski definition) is 1. The fourth-order valence-corrected chi connectivity index (χ4v) is 1.79. The Hall–Kier alpha value is -0.530. The molecule has 1 aliphatic carbocycles. The highest BCUT2D eigenvalue weighted by Crippen LogP contribution is 2.23. The third kappa shape index (κ3) is 2.52. The van der Waals surface area contributed by atoms with E-state index in [4.69, 9.17) is 0 Å². The van der Waals surface area contributed by atoms with E-state index >= 15 is 0 Å². The van der Waals surface area contributed by atoms with Gasteiger partial charge in [-0.15, -0.1) is 0 Å². The normalized spacial score (nSPS) is 31.5. The minimum absolute atomic E-state index is 0.115. The van der Waals surface area contributed by atoms with Crippen molar-refractivity contribution in [2.75, 3.05) is 0 Å². The SMILES string of the molecule is CC(=O)N[C@@H]1CCCC[C@@H]1C. The predicted octanol–water partition coefficient (Wildman–Crippen LogP) is 1.70. The molecule has 1 amide bonds. The first-order valence-corrected chi connectivity index (χ1v) is 4.47. The van der Waals surface area contributed by atoms with Crippen LogP contribution in [0.5, 0.6) is 0 Å². The van der Waals surface area contributed by atoms with Crippen molar-refractivity contribution in [3.63, 3.8) is 0 Å². The molecule has 0 aliphatic heterocycles. The zero-order valence-electron chi connectivity index (χ0n) is 7.39. The molecule has 1 rings (SSSR count). The van der Waals surface area contributed by atoms with Crippen molar-refractivity contribution in [1.82, 2.24) is 5.32 Å². The van der Waals surface area contributed by atoms with E-state index in [0.29, 0.717) is 12.0 Å². The topological polar surface area (TPSA) is 29.1 Å². The third-order valence-corrected chi connectivity index (χ3v) is 2.50. The van der Waals surface area contributed by atoms with Gasteiger partial charge in [-0.2, -0.15) is 0 Å². The first-order chi connectivity index (χ1) is 5.20. The molecule has 0 aromatic rings. The van der Waals surface area contributed by atoms with Crippen LogP contribution in [0, 0.1) is 5.92 Å². The minimum Gasteiger partial charge on any atom is -0.353 e. The lowest BCUT2D eigenvalue weighted by Gasteiger charge is -2.28. The highest BCUT2D eigenvalue weighted by atomic mass is 16.1. The Morgan fingerprint density at radius 3 is 2.55 bits per heavy atom. The number of hydrogen-bond donors (Lipinski definition) is 1. The van der Waals surface area contributed by atoms with Crippen molar-refractivity contribution in [2.24, 2.45) is 5.92 Å². The Kier molecular flexibility index (Phi) is 2.92. The van der Waals surface area contributed by atoms with E-state index in [1.165, 1.54) is 25.7 Å². The zero-order valence-corrected chi connectivity index (χ0v) is 7.39. The quantitative estimate of drug-likeness (QED) is 0.613. The molecule has 11 heavy (non-hydrogen) atoms. The lowest BCUT2D eigenvalue weighted by molar-refractivity contribution is -0.120. The molecular formula is C9H17NO. The van der Waals surface area contributed by atoms with Gasteiger partial charge in [-0.25, -0.2) is 0 Å². The van der Waals surface area contributed by atoms with E-state index in [1.807, 2.05) is 0 Å². The molecule has 1 fully saturated rings. The number of carbonyl (C=O) groups is 1. The van der Waals surface area contributed by atoms with Gasteiger partial charge < -0.3 is 5.32 Å². The van der Waals surface area contributed by atoms with E-state index in [0.717, 1.165) is 0 Å². The predicted molar refractivity (Wildman–Crippen MR) is 45.2 cm³/mol. The van der Waals surface area contributed by atoms with Gasteiger partial charge in [-0.3, -0.25) is 4.79 Å². The van der Waals surface area contributed by atoms with Gasteiger partial charge in [0.15, 0.2) is 0 Å². The fourth-order valence-electron chi connectivity index (χ4n) is 1.79. The Bertz CT molecular complexity index is 144. The number of amides is 1. The minimum atomic E-state index is 0.115. The van der Waals surface area contributed by atoms with Gasteiger partial charge in [-0.1, -0.05) is 19.8 Å². The van der Waals surface area contributed by atoms with Crippen molar-refractivity contribution in [3.05, 3.63) is 0 Å². The first-order valence-electron chi connectivity index (χ1n) is 4.47. The maximum absolute atomic E-state index is 10.7. The van der Waals surface area contributed by atoms with Gasteiger partial charge in [-0.05, 0) is 18.8 Å². The number of carbonyl (C=O) groups excluding carboxylic acids is 1. The number of rotatable bonds is 1. The van der Waals surface area contributed by atoms with Crippen LogP contribution in [0.25, 0.3) is 0 Å². The second-order valence-electron chi connectivity index (χ2n) is 3.57. The van der Waals surface area contributed by atoms with Crippen LogP contribution in [-0.4, -0.2) is 11.9 Å². The molecule has 0 saturated heterocycles. The third-order valence-electron chi connectivity index (χ3n) is 2.50. The Labute approximate surface area is 68.4 Å². The molecule has 0 spiro atoms. The van der Waals surface area contributed by atoms with Crippen LogP contribution >= 0.6 is 0 Å². The Morgan fingerprint density at radius 1 is 1.36 bits per heavy atom. The van der Waals surface area contributed by atoms with Gasteiger partial charge >= 0.3 is 0 Å². The van der Waals surface area contributed by atoms with Crippen LogP contribution in [0.1, 0.15) is 39.5 Å². The monoisotopic (exact) mass is 155 g/mol. The molecule has 64 valence electrons. The fraction of sp³-hybridized carbons (Fsp3) is 0.889. The lowest BCUT2D eigenvalue weighted by Crippen LogP contribution is -2.39. The average molecular weight is 155 g/mol. The molecule has 2 atom stereocenters. The van der Waals surface area contributed by atoms with Crippen molar-refractivity contribution >= 4 is 5.91 Å². The molecule has 0 bridgehead atoms. The van der Waals surface area contributed by atoms with Crippen molar-refractivity contribution < 1.29 is 4.79 Å². The molecule has 1 saturated carbocycles. The van der Waals surface area contributed by atoms with Crippen molar-refractivity contribution in [3.8, 4) is 0 Å². The van der Waals surface area contributed by atoms with Crippen LogP contribution in [0.4, 0.5) is 0 Å². The zero-order chi connectivity index (χ0) is 8.27. The van der Waals surface area contributed by atoms with Gasteiger partial charge in [0.05, 0.1) is 0 Å². The highest BCUT2D eigenvalue weighted by molar-refractivity contribution is 5.73. The molecule has 0 aromatic carbocycles. The summed E-state index contributed by atoms with van der Waals surface area (Å²) in [6, 6.07) is 0.446. The maximum Gasteiger partial charge on any atom is 0.217 e.